The predicted molar refractivity (Wildman–Crippen MR) is 95.5 cm³/mol. The summed E-state index contributed by atoms with van der Waals surface area (Å²) in [4.78, 5) is 10.5. The summed E-state index contributed by atoms with van der Waals surface area (Å²) in [5.41, 5.74) is 0. The third kappa shape index (κ3) is 3.00. The molecular weight excluding hydrogens is 431 g/mol. The molecule has 3 fully saturated rings. The molecule has 3 aliphatic heterocycles. The second-order valence-electron chi connectivity index (χ2n) is 6.45. The van der Waals surface area contributed by atoms with Crippen LogP contribution in [0.15, 0.2) is 17.4 Å². The molecule has 1 aromatic rings. The van der Waals surface area contributed by atoms with Crippen molar-refractivity contribution < 1.29 is 13.5 Å². The third-order valence-electron chi connectivity index (χ3n) is 5.33. The van der Waals surface area contributed by atoms with Crippen molar-refractivity contribution in [3.63, 3.8) is 0 Å². The second-order valence-corrected chi connectivity index (χ2v) is 6.45. The standard InChI is InChI=1S/C15H21F2N5O.HI/c1-18-15(20-6-13-19-4-5-22(13)14(16)17)21-7-9-10(8-21)12-3-2-11(9)23-12;/h4-5,9-12,14H,2-3,6-8H2,1H3,(H,18,20);1H. The van der Waals surface area contributed by atoms with Crippen LogP contribution >= 0.6 is 24.0 Å². The molecule has 9 heteroatoms. The summed E-state index contributed by atoms with van der Waals surface area (Å²) in [5.74, 6) is 2.22. The molecule has 0 spiro atoms. The summed E-state index contributed by atoms with van der Waals surface area (Å²) in [7, 11) is 1.72. The normalized spacial score (nSPS) is 31.5. The van der Waals surface area contributed by atoms with Crippen LogP contribution in [-0.2, 0) is 11.3 Å². The van der Waals surface area contributed by atoms with E-state index in [4.69, 9.17) is 4.74 Å². The summed E-state index contributed by atoms with van der Waals surface area (Å²) in [5, 5.41) is 3.17. The van der Waals surface area contributed by atoms with Crippen LogP contribution in [0.1, 0.15) is 25.2 Å². The molecule has 4 atom stereocenters. The number of aromatic nitrogens is 2. The fourth-order valence-electron chi connectivity index (χ4n) is 4.28. The number of nitrogens with one attached hydrogen (secondary N) is 1. The average Bonchev–Trinajstić information content (AvgIpc) is 3.29. The molecule has 0 aliphatic carbocycles. The molecule has 4 unspecified atom stereocenters. The number of likely N-dealkylation sites (tertiary alicyclic amines) is 1. The third-order valence-corrected chi connectivity index (χ3v) is 5.33. The highest BCUT2D eigenvalue weighted by molar-refractivity contribution is 14.0. The first-order valence-electron chi connectivity index (χ1n) is 8.08. The molecule has 134 valence electrons. The van der Waals surface area contributed by atoms with Gasteiger partial charge in [-0.3, -0.25) is 9.56 Å². The van der Waals surface area contributed by atoms with E-state index in [9.17, 15) is 8.78 Å². The minimum Gasteiger partial charge on any atom is -0.374 e. The molecule has 2 bridgehead atoms. The number of alkyl halides is 2. The molecule has 0 saturated carbocycles. The topological polar surface area (TPSA) is 54.7 Å². The molecule has 0 aromatic carbocycles. The van der Waals surface area contributed by atoms with Gasteiger partial charge in [0.2, 0.25) is 0 Å². The molecule has 1 N–H and O–H groups in total. The van der Waals surface area contributed by atoms with Gasteiger partial charge >= 0.3 is 6.55 Å². The smallest absolute Gasteiger partial charge is 0.319 e. The summed E-state index contributed by atoms with van der Waals surface area (Å²) in [6.07, 6.45) is 5.80. The Bertz CT molecular complexity index is 592. The maximum atomic E-state index is 12.9. The Morgan fingerprint density at radius 2 is 2.04 bits per heavy atom. The lowest BCUT2D eigenvalue weighted by Gasteiger charge is -2.23. The zero-order valence-corrected chi connectivity index (χ0v) is 15.8. The van der Waals surface area contributed by atoms with E-state index in [0.29, 0.717) is 29.9 Å². The minimum atomic E-state index is -2.57. The van der Waals surface area contributed by atoms with Crippen molar-refractivity contribution in [2.45, 2.75) is 38.1 Å². The molecular formula is C15H22F2IN5O. The summed E-state index contributed by atoms with van der Waals surface area (Å²) in [6, 6.07) is 0. The Kier molecular flexibility index (Phi) is 5.28. The Balaban J connectivity index is 0.00000169. The van der Waals surface area contributed by atoms with Gasteiger partial charge < -0.3 is 15.0 Å². The van der Waals surface area contributed by atoms with Crippen molar-refractivity contribution in [3.05, 3.63) is 18.2 Å². The van der Waals surface area contributed by atoms with Gasteiger partial charge in [-0.25, -0.2) is 4.98 Å². The minimum absolute atomic E-state index is 0. The van der Waals surface area contributed by atoms with E-state index in [-0.39, 0.29) is 30.5 Å². The number of imidazole rings is 1. The molecule has 3 saturated heterocycles. The molecule has 4 rings (SSSR count). The van der Waals surface area contributed by atoms with E-state index in [1.807, 2.05) is 0 Å². The average molecular weight is 453 g/mol. The quantitative estimate of drug-likeness (QED) is 0.433. The number of hydrogen-bond donors (Lipinski definition) is 1. The van der Waals surface area contributed by atoms with E-state index in [1.54, 1.807) is 7.05 Å². The molecule has 4 heterocycles. The summed E-state index contributed by atoms with van der Waals surface area (Å²) < 4.78 is 32.6. The lowest BCUT2D eigenvalue weighted by Crippen LogP contribution is -2.41. The second kappa shape index (κ2) is 7.11. The van der Waals surface area contributed by atoms with Crippen LogP contribution in [0.3, 0.4) is 0 Å². The number of nitrogens with zero attached hydrogens (tertiary/aromatic N) is 4. The molecule has 0 amide bonds. The maximum Gasteiger partial charge on any atom is 0.319 e. The summed E-state index contributed by atoms with van der Waals surface area (Å²) in [6.45, 7) is -0.488. The summed E-state index contributed by atoms with van der Waals surface area (Å²) >= 11 is 0. The van der Waals surface area contributed by atoms with Crippen molar-refractivity contribution in [2.24, 2.45) is 16.8 Å². The number of hydrogen-bond acceptors (Lipinski definition) is 3. The largest absolute Gasteiger partial charge is 0.374 e. The van der Waals surface area contributed by atoms with Gasteiger partial charge in [-0.15, -0.1) is 24.0 Å². The number of ether oxygens (including phenoxy) is 1. The molecule has 3 aliphatic rings. The Morgan fingerprint density at radius 3 is 2.62 bits per heavy atom. The zero-order chi connectivity index (χ0) is 16.0. The van der Waals surface area contributed by atoms with Crippen molar-refractivity contribution in [2.75, 3.05) is 20.1 Å². The van der Waals surface area contributed by atoms with Gasteiger partial charge in [0.1, 0.15) is 5.82 Å². The highest BCUT2D eigenvalue weighted by Crippen LogP contribution is 2.47. The first-order valence-corrected chi connectivity index (χ1v) is 8.08. The molecule has 1 aromatic heterocycles. The van der Waals surface area contributed by atoms with Crippen molar-refractivity contribution in [1.82, 2.24) is 19.8 Å². The maximum absolute atomic E-state index is 12.9. The van der Waals surface area contributed by atoms with E-state index < -0.39 is 6.55 Å². The van der Waals surface area contributed by atoms with Crippen LogP contribution in [-0.4, -0.2) is 52.8 Å². The zero-order valence-electron chi connectivity index (χ0n) is 13.4. The van der Waals surface area contributed by atoms with Gasteiger partial charge in [-0.1, -0.05) is 0 Å². The van der Waals surface area contributed by atoms with Crippen LogP contribution in [0.4, 0.5) is 8.78 Å². The predicted octanol–water partition coefficient (Wildman–Crippen LogP) is 2.08. The lowest BCUT2D eigenvalue weighted by atomic mass is 9.82. The van der Waals surface area contributed by atoms with Gasteiger partial charge in [0.15, 0.2) is 5.96 Å². The number of guanidine groups is 1. The van der Waals surface area contributed by atoms with Gasteiger partial charge in [-0.05, 0) is 12.8 Å². The van der Waals surface area contributed by atoms with Crippen molar-refractivity contribution >= 4 is 29.9 Å². The number of fused-ring (bicyclic) bond motifs is 5. The molecule has 24 heavy (non-hydrogen) atoms. The first kappa shape index (κ1) is 17.8. The van der Waals surface area contributed by atoms with Gasteiger partial charge in [-0.2, -0.15) is 8.78 Å². The monoisotopic (exact) mass is 453 g/mol. The fraction of sp³-hybridized carbons (Fsp3) is 0.733. The first-order chi connectivity index (χ1) is 11.2. The van der Waals surface area contributed by atoms with Crippen LogP contribution in [0, 0.1) is 11.8 Å². The van der Waals surface area contributed by atoms with Crippen LogP contribution in [0.2, 0.25) is 0 Å². The highest BCUT2D eigenvalue weighted by atomic mass is 127. The lowest BCUT2D eigenvalue weighted by molar-refractivity contribution is 0.0667. The van der Waals surface area contributed by atoms with Crippen molar-refractivity contribution in [1.29, 1.82) is 0 Å². The highest BCUT2D eigenvalue weighted by Gasteiger charge is 2.53. The Labute approximate surface area is 156 Å². The van der Waals surface area contributed by atoms with E-state index in [0.717, 1.165) is 36.5 Å². The number of rotatable bonds is 3. The van der Waals surface area contributed by atoms with E-state index in [2.05, 4.69) is 20.2 Å². The fourth-order valence-corrected chi connectivity index (χ4v) is 4.28. The van der Waals surface area contributed by atoms with Crippen LogP contribution < -0.4 is 5.32 Å². The van der Waals surface area contributed by atoms with E-state index >= 15 is 0 Å². The molecule has 6 nitrogen and oxygen atoms in total. The van der Waals surface area contributed by atoms with Gasteiger partial charge in [0.05, 0.1) is 18.8 Å². The van der Waals surface area contributed by atoms with E-state index in [1.165, 1.54) is 12.4 Å². The van der Waals surface area contributed by atoms with Gasteiger partial charge in [0.25, 0.3) is 0 Å². The Hall–Kier alpha value is -0.970. The Morgan fingerprint density at radius 1 is 1.38 bits per heavy atom. The van der Waals surface area contributed by atoms with Gasteiger partial charge in [0, 0.05) is 44.4 Å². The number of aliphatic imine (C=N–C) groups is 1. The SMILES string of the molecule is CN=C(NCc1nccn1C(F)F)N1CC2C3CCC(O3)C2C1.I. The van der Waals surface area contributed by atoms with Crippen molar-refractivity contribution in [3.8, 4) is 0 Å². The molecule has 0 radical (unpaired) electrons. The number of halogens is 3. The van der Waals surface area contributed by atoms with Crippen LogP contribution in [0.5, 0.6) is 0 Å². The van der Waals surface area contributed by atoms with Crippen LogP contribution in [0.25, 0.3) is 0 Å².